The first-order valence-corrected chi connectivity index (χ1v) is 9.45. The molecule has 0 spiro atoms. The fraction of sp³-hybridized carbons (Fsp3) is 0.222. The Labute approximate surface area is 149 Å². The maximum atomic E-state index is 12.5. The summed E-state index contributed by atoms with van der Waals surface area (Å²) in [6.45, 7) is 4.51. The lowest BCUT2D eigenvalue weighted by Crippen LogP contribution is -2.23. The standard InChI is InChI=1S/C18H18N2O2S2/c1-12-7-8-23-17(12)10-19-18(21)15-5-3-4-6-16(15)24-11-14-9-13(2)20-22-14/h3-9H,10-11H2,1-2H3,(H,19,21). The van der Waals surface area contributed by atoms with Crippen LogP contribution in [0.15, 0.2) is 51.2 Å². The molecule has 0 atom stereocenters. The topological polar surface area (TPSA) is 55.1 Å². The van der Waals surface area contributed by atoms with Crippen molar-refractivity contribution in [3.05, 3.63) is 69.2 Å². The van der Waals surface area contributed by atoms with Crippen LogP contribution in [0, 0.1) is 13.8 Å². The van der Waals surface area contributed by atoms with Gasteiger partial charge in [-0.1, -0.05) is 17.3 Å². The maximum Gasteiger partial charge on any atom is 0.252 e. The Balaban J connectivity index is 1.66. The number of amides is 1. The highest BCUT2D eigenvalue weighted by Gasteiger charge is 2.13. The van der Waals surface area contributed by atoms with Gasteiger partial charge in [0.25, 0.3) is 5.91 Å². The monoisotopic (exact) mass is 358 g/mol. The van der Waals surface area contributed by atoms with Gasteiger partial charge in [-0.3, -0.25) is 4.79 Å². The minimum absolute atomic E-state index is 0.0559. The van der Waals surface area contributed by atoms with Crippen molar-refractivity contribution in [2.24, 2.45) is 0 Å². The predicted molar refractivity (Wildman–Crippen MR) is 97.5 cm³/mol. The molecule has 24 heavy (non-hydrogen) atoms. The Morgan fingerprint density at radius 1 is 1.29 bits per heavy atom. The number of benzene rings is 1. The summed E-state index contributed by atoms with van der Waals surface area (Å²) in [5.41, 5.74) is 2.76. The normalized spacial score (nSPS) is 10.8. The van der Waals surface area contributed by atoms with E-state index in [4.69, 9.17) is 4.52 Å². The zero-order valence-corrected chi connectivity index (χ0v) is 15.2. The highest BCUT2D eigenvalue weighted by Crippen LogP contribution is 2.26. The molecule has 3 rings (SSSR count). The number of carbonyl (C=O) groups excluding carboxylic acids is 1. The van der Waals surface area contributed by atoms with Crippen LogP contribution in [0.5, 0.6) is 0 Å². The molecule has 0 aliphatic heterocycles. The number of rotatable bonds is 6. The second-order valence-electron chi connectivity index (χ2n) is 5.43. The van der Waals surface area contributed by atoms with Gasteiger partial charge in [-0.2, -0.15) is 0 Å². The molecule has 0 aliphatic carbocycles. The van der Waals surface area contributed by atoms with Crippen molar-refractivity contribution in [3.63, 3.8) is 0 Å². The van der Waals surface area contributed by atoms with Crippen molar-refractivity contribution in [1.29, 1.82) is 0 Å². The van der Waals surface area contributed by atoms with E-state index >= 15 is 0 Å². The van der Waals surface area contributed by atoms with Crippen molar-refractivity contribution in [2.45, 2.75) is 31.0 Å². The van der Waals surface area contributed by atoms with E-state index in [-0.39, 0.29) is 5.91 Å². The van der Waals surface area contributed by atoms with Gasteiger partial charge in [-0.25, -0.2) is 0 Å². The molecule has 4 nitrogen and oxygen atoms in total. The third kappa shape index (κ3) is 4.07. The molecule has 2 heterocycles. The lowest BCUT2D eigenvalue weighted by Gasteiger charge is -2.09. The van der Waals surface area contributed by atoms with Gasteiger partial charge in [-0.15, -0.1) is 23.1 Å². The van der Waals surface area contributed by atoms with Crippen LogP contribution in [-0.4, -0.2) is 11.1 Å². The molecule has 0 saturated carbocycles. The number of aryl methyl sites for hydroxylation is 2. The Bertz CT molecular complexity index is 839. The zero-order chi connectivity index (χ0) is 16.9. The van der Waals surface area contributed by atoms with E-state index in [9.17, 15) is 4.79 Å². The molecule has 2 aromatic heterocycles. The van der Waals surface area contributed by atoms with E-state index in [0.29, 0.717) is 17.9 Å². The summed E-state index contributed by atoms with van der Waals surface area (Å²) in [6.07, 6.45) is 0. The average Bonchev–Trinajstić information content (AvgIpc) is 3.19. The number of aromatic nitrogens is 1. The van der Waals surface area contributed by atoms with Gasteiger partial charge in [0, 0.05) is 15.8 Å². The Kier molecular flexibility index (Phi) is 5.37. The first-order valence-electron chi connectivity index (χ1n) is 7.58. The molecule has 0 bridgehead atoms. The smallest absolute Gasteiger partial charge is 0.252 e. The lowest BCUT2D eigenvalue weighted by atomic mass is 10.2. The number of carbonyl (C=O) groups is 1. The molecular formula is C18H18N2O2S2. The van der Waals surface area contributed by atoms with Crippen LogP contribution in [0.3, 0.4) is 0 Å². The Hall–Kier alpha value is -2.05. The molecule has 0 aliphatic rings. The molecule has 1 aromatic carbocycles. The fourth-order valence-electron chi connectivity index (χ4n) is 2.25. The van der Waals surface area contributed by atoms with E-state index in [0.717, 1.165) is 16.3 Å². The number of thiophene rings is 1. The number of thioether (sulfide) groups is 1. The number of nitrogens with zero attached hydrogens (tertiary/aromatic N) is 1. The van der Waals surface area contributed by atoms with Gasteiger partial charge in [0.2, 0.25) is 0 Å². The highest BCUT2D eigenvalue weighted by atomic mass is 32.2. The van der Waals surface area contributed by atoms with Crippen molar-refractivity contribution < 1.29 is 9.32 Å². The minimum atomic E-state index is -0.0559. The van der Waals surface area contributed by atoms with Gasteiger partial charge < -0.3 is 9.84 Å². The summed E-state index contributed by atoms with van der Waals surface area (Å²) in [5.74, 6) is 1.40. The molecule has 124 valence electrons. The molecule has 0 fully saturated rings. The van der Waals surface area contributed by atoms with Crippen LogP contribution in [0.1, 0.15) is 32.3 Å². The van der Waals surface area contributed by atoms with Crippen molar-refractivity contribution >= 4 is 29.0 Å². The third-order valence-electron chi connectivity index (χ3n) is 3.56. The molecule has 1 N–H and O–H groups in total. The second-order valence-corrected chi connectivity index (χ2v) is 7.45. The van der Waals surface area contributed by atoms with Crippen LogP contribution in [0.2, 0.25) is 0 Å². The Morgan fingerprint density at radius 3 is 2.83 bits per heavy atom. The van der Waals surface area contributed by atoms with Gasteiger partial charge >= 0.3 is 0 Å². The zero-order valence-electron chi connectivity index (χ0n) is 13.5. The van der Waals surface area contributed by atoms with E-state index in [1.807, 2.05) is 42.6 Å². The summed E-state index contributed by atoms with van der Waals surface area (Å²) in [7, 11) is 0. The summed E-state index contributed by atoms with van der Waals surface area (Å²) in [6, 6.07) is 11.6. The van der Waals surface area contributed by atoms with E-state index < -0.39 is 0 Å². The molecular weight excluding hydrogens is 340 g/mol. The van der Waals surface area contributed by atoms with E-state index in [1.165, 1.54) is 10.4 Å². The van der Waals surface area contributed by atoms with Crippen LogP contribution in [0.4, 0.5) is 0 Å². The van der Waals surface area contributed by atoms with Crippen LogP contribution in [0.25, 0.3) is 0 Å². The van der Waals surface area contributed by atoms with E-state index in [2.05, 4.69) is 23.5 Å². The second kappa shape index (κ2) is 7.68. The maximum absolute atomic E-state index is 12.5. The van der Waals surface area contributed by atoms with Gasteiger partial charge in [0.15, 0.2) is 0 Å². The minimum Gasteiger partial charge on any atom is -0.360 e. The summed E-state index contributed by atoms with van der Waals surface area (Å²) < 4.78 is 5.23. The summed E-state index contributed by atoms with van der Waals surface area (Å²) in [4.78, 5) is 14.7. The van der Waals surface area contributed by atoms with Crippen LogP contribution in [-0.2, 0) is 12.3 Å². The van der Waals surface area contributed by atoms with Crippen molar-refractivity contribution in [3.8, 4) is 0 Å². The number of hydrogen-bond donors (Lipinski definition) is 1. The molecule has 1 amide bonds. The quantitative estimate of drug-likeness (QED) is 0.656. The molecule has 6 heteroatoms. The molecule has 0 saturated heterocycles. The van der Waals surface area contributed by atoms with Crippen molar-refractivity contribution in [2.75, 3.05) is 0 Å². The third-order valence-corrected chi connectivity index (χ3v) is 5.67. The predicted octanol–water partition coefficient (Wildman–Crippen LogP) is 4.58. The van der Waals surface area contributed by atoms with Crippen LogP contribution >= 0.6 is 23.1 Å². The molecule has 3 aromatic rings. The molecule has 0 unspecified atom stereocenters. The largest absolute Gasteiger partial charge is 0.360 e. The number of hydrogen-bond acceptors (Lipinski definition) is 5. The SMILES string of the molecule is Cc1cc(CSc2ccccc2C(=O)NCc2sccc2C)on1. The lowest BCUT2D eigenvalue weighted by molar-refractivity contribution is 0.0948. The highest BCUT2D eigenvalue weighted by molar-refractivity contribution is 7.98. The number of nitrogens with one attached hydrogen (secondary N) is 1. The van der Waals surface area contributed by atoms with Crippen LogP contribution < -0.4 is 5.32 Å². The Morgan fingerprint density at radius 2 is 2.12 bits per heavy atom. The van der Waals surface area contributed by atoms with E-state index in [1.54, 1.807) is 23.1 Å². The first-order chi connectivity index (χ1) is 11.6. The first kappa shape index (κ1) is 16.8. The van der Waals surface area contributed by atoms with Gasteiger partial charge in [-0.05, 0) is 43.0 Å². The van der Waals surface area contributed by atoms with Crippen molar-refractivity contribution in [1.82, 2.24) is 10.5 Å². The average molecular weight is 358 g/mol. The molecule has 0 radical (unpaired) electrons. The van der Waals surface area contributed by atoms with Gasteiger partial charge in [0.05, 0.1) is 23.6 Å². The fourth-order valence-corrected chi connectivity index (χ4v) is 4.02. The summed E-state index contributed by atoms with van der Waals surface area (Å²) >= 11 is 3.24. The van der Waals surface area contributed by atoms with Gasteiger partial charge in [0.1, 0.15) is 5.76 Å². The summed E-state index contributed by atoms with van der Waals surface area (Å²) in [5, 5.41) is 8.94.